The van der Waals surface area contributed by atoms with Crippen LogP contribution < -0.4 is 5.73 Å². The van der Waals surface area contributed by atoms with Gasteiger partial charge in [0, 0.05) is 13.1 Å². The summed E-state index contributed by atoms with van der Waals surface area (Å²) in [7, 11) is 0. The Kier molecular flexibility index (Phi) is 3.81. The maximum atomic E-state index is 12.3. The maximum absolute atomic E-state index is 12.3. The number of benzene rings is 1. The summed E-state index contributed by atoms with van der Waals surface area (Å²) in [6.45, 7) is 1.51. The van der Waals surface area contributed by atoms with Gasteiger partial charge in [0.05, 0.1) is 0 Å². The van der Waals surface area contributed by atoms with Crippen molar-refractivity contribution in [3.8, 4) is 0 Å². The van der Waals surface area contributed by atoms with E-state index in [2.05, 4.69) is 34.5 Å². The van der Waals surface area contributed by atoms with Gasteiger partial charge in [-0.15, -0.1) is 10.2 Å². The minimum atomic E-state index is -0.0611. The van der Waals surface area contributed by atoms with E-state index in [9.17, 15) is 4.79 Å². The molecule has 1 aliphatic heterocycles. The zero-order chi connectivity index (χ0) is 14.7. The smallest absolute Gasteiger partial charge is 0.274 e. The van der Waals surface area contributed by atoms with Gasteiger partial charge in [-0.05, 0) is 36.5 Å². The van der Waals surface area contributed by atoms with Crippen molar-refractivity contribution in [2.24, 2.45) is 0 Å². The van der Waals surface area contributed by atoms with Crippen molar-refractivity contribution in [3.05, 3.63) is 53.7 Å². The van der Waals surface area contributed by atoms with Crippen LogP contribution in [0, 0.1) is 0 Å². The molecule has 0 bridgehead atoms. The third kappa shape index (κ3) is 3.02. The molecule has 2 aromatic rings. The van der Waals surface area contributed by atoms with Crippen LogP contribution in [-0.2, 0) is 0 Å². The predicted molar refractivity (Wildman–Crippen MR) is 80.8 cm³/mol. The number of carbonyl (C=O) groups excluding carboxylic acids is 1. The van der Waals surface area contributed by atoms with Crippen molar-refractivity contribution in [2.45, 2.75) is 18.8 Å². The summed E-state index contributed by atoms with van der Waals surface area (Å²) < 4.78 is 0. The van der Waals surface area contributed by atoms with Crippen LogP contribution in [-0.4, -0.2) is 34.1 Å². The van der Waals surface area contributed by atoms with E-state index in [-0.39, 0.29) is 5.91 Å². The highest BCUT2D eigenvalue weighted by atomic mass is 16.2. The number of aromatic nitrogens is 2. The van der Waals surface area contributed by atoms with Crippen molar-refractivity contribution >= 4 is 11.7 Å². The van der Waals surface area contributed by atoms with E-state index in [1.807, 2.05) is 11.0 Å². The molecule has 5 nitrogen and oxygen atoms in total. The molecule has 2 heterocycles. The second-order valence-electron chi connectivity index (χ2n) is 5.32. The first kappa shape index (κ1) is 13.5. The van der Waals surface area contributed by atoms with E-state index in [0.29, 0.717) is 17.4 Å². The molecule has 1 fully saturated rings. The number of anilines is 1. The molecule has 1 amide bonds. The molecule has 0 unspecified atom stereocenters. The minimum absolute atomic E-state index is 0.0611. The van der Waals surface area contributed by atoms with Crippen molar-refractivity contribution < 1.29 is 4.79 Å². The lowest BCUT2D eigenvalue weighted by Gasteiger charge is -2.32. The van der Waals surface area contributed by atoms with Gasteiger partial charge in [0.1, 0.15) is 5.82 Å². The number of nitrogen functional groups attached to an aromatic ring is 1. The van der Waals surface area contributed by atoms with Gasteiger partial charge in [0.2, 0.25) is 0 Å². The number of hydrogen-bond donors (Lipinski definition) is 1. The average molecular weight is 282 g/mol. The number of hydrogen-bond acceptors (Lipinski definition) is 4. The second-order valence-corrected chi connectivity index (χ2v) is 5.32. The molecular formula is C16H18N4O. The van der Waals surface area contributed by atoms with E-state index >= 15 is 0 Å². The monoisotopic (exact) mass is 282 g/mol. The number of carbonyl (C=O) groups is 1. The number of amides is 1. The summed E-state index contributed by atoms with van der Waals surface area (Å²) in [5.74, 6) is 0.802. The molecule has 1 saturated heterocycles. The van der Waals surface area contributed by atoms with Gasteiger partial charge in [-0.2, -0.15) is 0 Å². The fourth-order valence-electron chi connectivity index (χ4n) is 2.76. The topological polar surface area (TPSA) is 72.1 Å². The standard InChI is InChI=1S/C16H18N4O/c17-15-7-6-14(18-19-15)16(21)20-10-8-13(9-11-20)12-4-2-1-3-5-12/h1-7,13H,8-11H2,(H2,17,19). The summed E-state index contributed by atoms with van der Waals surface area (Å²) in [6.07, 6.45) is 1.97. The lowest BCUT2D eigenvalue weighted by Crippen LogP contribution is -2.38. The molecule has 5 heteroatoms. The molecule has 0 aliphatic carbocycles. The number of rotatable bonds is 2. The van der Waals surface area contributed by atoms with Crippen LogP contribution in [0.25, 0.3) is 0 Å². The van der Waals surface area contributed by atoms with Crippen LogP contribution in [0.3, 0.4) is 0 Å². The quantitative estimate of drug-likeness (QED) is 0.915. The Morgan fingerprint density at radius 2 is 1.76 bits per heavy atom. The van der Waals surface area contributed by atoms with Gasteiger partial charge in [0.15, 0.2) is 5.69 Å². The number of nitrogens with zero attached hydrogens (tertiary/aromatic N) is 3. The number of piperidine rings is 1. The van der Waals surface area contributed by atoms with Gasteiger partial charge in [-0.1, -0.05) is 30.3 Å². The van der Waals surface area contributed by atoms with Gasteiger partial charge >= 0.3 is 0 Å². The highest BCUT2D eigenvalue weighted by molar-refractivity contribution is 5.92. The van der Waals surface area contributed by atoms with E-state index < -0.39 is 0 Å². The van der Waals surface area contributed by atoms with Crippen molar-refractivity contribution in [3.63, 3.8) is 0 Å². The molecule has 2 N–H and O–H groups in total. The Bertz CT molecular complexity index is 604. The normalized spacial score (nSPS) is 15.9. The fraction of sp³-hybridized carbons (Fsp3) is 0.312. The second kappa shape index (κ2) is 5.91. The van der Waals surface area contributed by atoms with Crippen LogP contribution in [0.1, 0.15) is 34.8 Å². The summed E-state index contributed by atoms with van der Waals surface area (Å²) in [5, 5.41) is 7.60. The Balaban J connectivity index is 1.63. The molecule has 0 radical (unpaired) electrons. The lowest BCUT2D eigenvalue weighted by molar-refractivity contribution is 0.0706. The van der Waals surface area contributed by atoms with Gasteiger partial charge in [-0.25, -0.2) is 0 Å². The third-order valence-corrected chi connectivity index (χ3v) is 3.96. The van der Waals surface area contributed by atoms with Crippen molar-refractivity contribution in [2.75, 3.05) is 18.8 Å². The van der Waals surface area contributed by atoms with E-state index in [1.165, 1.54) is 5.56 Å². The fourth-order valence-corrected chi connectivity index (χ4v) is 2.76. The largest absolute Gasteiger partial charge is 0.382 e. The number of nitrogens with two attached hydrogens (primary N) is 1. The number of likely N-dealkylation sites (tertiary alicyclic amines) is 1. The first-order chi connectivity index (χ1) is 10.2. The molecule has 0 atom stereocenters. The maximum Gasteiger partial charge on any atom is 0.274 e. The first-order valence-corrected chi connectivity index (χ1v) is 7.17. The van der Waals surface area contributed by atoms with Crippen LogP contribution >= 0.6 is 0 Å². The lowest BCUT2D eigenvalue weighted by atomic mass is 9.89. The summed E-state index contributed by atoms with van der Waals surface area (Å²) >= 11 is 0. The van der Waals surface area contributed by atoms with Crippen LogP contribution in [0.5, 0.6) is 0 Å². The highest BCUT2D eigenvalue weighted by Crippen LogP contribution is 2.28. The van der Waals surface area contributed by atoms with E-state index in [4.69, 9.17) is 5.73 Å². The summed E-state index contributed by atoms with van der Waals surface area (Å²) in [5.41, 5.74) is 7.21. The Hall–Kier alpha value is -2.43. The summed E-state index contributed by atoms with van der Waals surface area (Å²) in [6, 6.07) is 13.7. The summed E-state index contributed by atoms with van der Waals surface area (Å²) in [4.78, 5) is 14.2. The average Bonchev–Trinajstić information content (AvgIpc) is 2.56. The molecule has 1 aromatic heterocycles. The first-order valence-electron chi connectivity index (χ1n) is 7.17. The van der Waals surface area contributed by atoms with Crippen molar-refractivity contribution in [1.29, 1.82) is 0 Å². The van der Waals surface area contributed by atoms with Crippen LogP contribution in [0.4, 0.5) is 5.82 Å². The molecule has 1 aliphatic rings. The zero-order valence-electron chi connectivity index (χ0n) is 11.8. The molecule has 0 saturated carbocycles. The van der Waals surface area contributed by atoms with E-state index in [1.54, 1.807) is 12.1 Å². The molecule has 3 rings (SSSR count). The van der Waals surface area contributed by atoms with Crippen LogP contribution in [0.2, 0.25) is 0 Å². The molecule has 1 aromatic carbocycles. The SMILES string of the molecule is Nc1ccc(C(=O)N2CCC(c3ccccc3)CC2)nn1. The van der Waals surface area contributed by atoms with E-state index in [0.717, 1.165) is 25.9 Å². The Morgan fingerprint density at radius 3 is 2.38 bits per heavy atom. The third-order valence-electron chi connectivity index (χ3n) is 3.96. The van der Waals surface area contributed by atoms with Crippen molar-refractivity contribution in [1.82, 2.24) is 15.1 Å². The highest BCUT2D eigenvalue weighted by Gasteiger charge is 2.25. The zero-order valence-corrected chi connectivity index (χ0v) is 11.8. The molecule has 21 heavy (non-hydrogen) atoms. The van der Waals surface area contributed by atoms with Gasteiger partial charge < -0.3 is 10.6 Å². The molecule has 0 spiro atoms. The Morgan fingerprint density at radius 1 is 1.05 bits per heavy atom. The van der Waals surface area contributed by atoms with Crippen LogP contribution in [0.15, 0.2) is 42.5 Å². The van der Waals surface area contributed by atoms with Gasteiger partial charge in [0.25, 0.3) is 5.91 Å². The minimum Gasteiger partial charge on any atom is -0.382 e. The molecule has 108 valence electrons. The molecular weight excluding hydrogens is 264 g/mol. The van der Waals surface area contributed by atoms with Gasteiger partial charge in [-0.3, -0.25) is 4.79 Å². The Labute approximate surface area is 123 Å². The predicted octanol–water partition coefficient (Wildman–Crippen LogP) is 2.08.